The van der Waals surface area contributed by atoms with Gasteiger partial charge in [-0.3, -0.25) is 5.10 Å². The highest BCUT2D eigenvalue weighted by atomic mass is 16.5. The second kappa shape index (κ2) is 6.92. The van der Waals surface area contributed by atoms with Crippen molar-refractivity contribution in [1.29, 1.82) is 5.26 Å². The van der Waals surface area contributed by atoms with Crippen molar-refractivity contribution in [3.05, 3.63) is 41.6 Å². The van der Waals surface area contributed by atoms with Crippen LogP contribution in [0.4, 0.5) is 11.5 Å². The van der Waals surface area contributed by atoms with Crippen LogP contribution in [0.1, 0.15) is 32.0 Å². The zero-order valence-electron chi connectivity index (χ0n) is 15.4. The quantitative estimate of drug-likeness (QED) is 0.679. The fourth-order valence-electron chi connectivity index (χ4n) is 2.51. The summed E-state index contributed by atoms with van der Waals surface area (Å²) in [5.74, 6) is 0.0846. The number of aromatic amines is 1. The fourth-order valence-corrected chi connectivity index (χ4v) is 2.51. The Morgan fingerprint density at radius 3 is 2.52 bits per heavy atom. The summed E-state index contributed by atoms with van der Waals surface area (Å²) in [5, 5.41) is 39.1. The molecule has 0 fully saturated rings. The molecule has 0 saturated heterocycles. The molecular weight excluding hydrogens is 346 g/mol. The van der Waals surface area contributed by atoms with Gasteiger partial charge in [-0.1, -0.05) is 39.0 Å². The third kappa shape index (κ3) is 3.37. The number of hydrogen-bond acceptors (Lipinski definition) is 7. The third-order valence-electron chi connectivity index (χ3n) is 3.82. The van der Waals surface area contributed by atoms with E-state index in [0.717, 1.165) is 0 Å². The molecule has 0 spiro atoms. The van der Waals surface area contributed by atoms with Crippen LogP contribution in [-0.4, -0.2) is 32.2 Å². The van der Waals surface area contributed by atoms with Crippen LogP contribution >= 0.6 is 0 Å². The first-order chi connectivity index (χ1) is 12.9. The lowest BCUT2D eigenvalue weighted by Crippen LogP contribution is -2.13. The van der Waals surface area contributed by atoms with E-state index in [1.807, 2.05) is 39.0 Å². The SMILES string of the molecule is COc1nn(-c2ccccc2)c(O)c1/N=N/c1[nH]nc(C(C)(C)C)c1C#N. The molecule has 0 saturated carbocycles. The highest BCUT2D eigenvalue weighted by molar-refractivity contribution is 5.59. The van der Waals surface area contributed by atoms with Crippen LogP contribution in [0.5, 0.6) is 11.8 Å². The van der Waals surface area contributed by atoms with Crippen molar-refractivity contribution >= 4 is 11.5 Å². The van der Waals surface area contributed by atoms with E-state index in [-0.39, 0.29) is 28.7 Å². The van der Waals surface area contributed by atoms with Crippen LogP contribution < -0.4 is 4.74 Å². The summed E-state index contributed by atoms with van der Waals surface area (Å²) >= 11 is 0. The predicted molar refractivity (Wildman–Crippen MR) is 98.0 cm³/mol. The lowest BCUT2D eigenvalue weighted by atomic mass is 9.90. The van der Waals surface area contributed by atoms with Gasteiger partial charge in [-0.2, -0.15) is 15.0 Å². The van der Waals surface area contributed by atoms with E-state index in [9.17, 15) is 10.4 Å². The second-order valence-corrected chi connectivity index (χ2v) is 6.79. The minimum Gasteiger partial charge on any atom is -0.492 e. The molecule has 0 aliphatic rings. The molecule has 9 nitrogen and oxygen atoms in total. The normalized spacial score (nSPS) is 11.7. The molecule has 2 N–H and O–H groups in total. The van der Waals surface area contributed by atoms with Crippen molar-refractivity contribution in [3.8, 4) is 23.5 Å². The van der Waals surface area contributed by atoms with E-state index in [1.54, 1.807) is 12.1 Å². The number of azo groups is 1. The highest BCUT2D eigenvalue weighted by Gasteiger charge is 2.25. The van der Waals surface area contributed by atoms with Gasteiger partial charge >= 0.3 is 0 Å². The largest absolute Gasteiger partial charge is 0.492 e. The number of aromatic nitrogens is 4. The zero-order valence-corrected chi connectivity index (χ0v) is 15.4. The highest BCUT2D eigenvalue weighted by Crippen LogP contribution is 2.39. The van der Waals surface area contributed by atoms with Gasteiger partial charge in [0.25, 0.3) is 5.88 Å². The maximum Gasteiger partial charge on any atom is 0.265 e. The van der Waals surface area contributed by atoms with Crippen LogP contribution in [0.25, 0.3) is 5.69 Å². The van der Waals surface area contributed by atoms with Crippen LogP contribution in [-0.2, 0) is 5.41 Å². The summed E-state index contributed by atoms with van der Waals surface area (Å²) in [6.45, 7) is 5.84. The molecule has 9 heteroatoms. The van der Waals surface area contributed by atoms with E-state index in [1.165, 1.54) is 11.8 Å². The number of nitrogens with zero attached hydrogens (tertiary/aromatic N) is 6. The summed E-state index contributed by atoms with van der Waals surface area (Å²) in [6.07, 6.45) is 0. The Bertz CT molecular complexity index is 1020. The molecule has 0 radical (unpaired) electrons. The van der Waals surface area contributed by atoms with Gasteiger partial charge in [0.15, 0.2) is 5.82 Å². The molecule has 3 aromatic rings. The summed E-state index contributed by atoms with van der Waals surface area (Å²) in [5.41, 5.74) is 1.27. The summed E-state index contributed by atoms with van der Waals surface area (Å²) in [4.78, 5) is 0. The summed E-state index contributed by atoms with van der Waals surface area (Å²) < 4.78 is 6.49. The van der Waals surface area contributed by atoms with E-state index >= 15 is 0 Å². The van der Waals surface area contributed by atoms with E-state index < -0.39 is 0 Å². The van der Waals surface area contributed by atoms with Gasteiger partial charge in [0.05, 0.1) is 18.5 Å². The van der Waals surface area contributed by atoms with Crippen molar-refractivity contribution in [2.75, 3.05) is 7.11 Å². The monoisotopic (exact) mass is 365 g/mol. The number of ether oxygens (including phenoxy) is 1. The maximum atomic E-state index is 10.5. The number of nitrogens with one attached hydrogen (secondary N) is 1. The number of hydrogen-bond donors (Lipinski definition) is 2. The van der Waals surface area contributed by atoms with Crippen molar-refractivity contribution in [1.82, 2.24) is 20.0 Å². The predicted octanol–water partition coefficient (Wildman–Crippen LogP) is 3.89. The first-order valence-electron chi connectivity index (χ1n) is 8.19. The van der Waals surface area contributed by atoms with Crippen molar-refractivity contribution in [3.63, 3.8) is 0 Å². The van der Waals surface area contributed by atoms with E-state index in [0.29, 0.717) is 16.9 Å². The Balaban J connectivity index is 2.03. The molecule has 0 atom stereocenters. The Morgan fingerprint density at radius 2 is 1.93 bits per heavy atom. The smallest absolute Gasteiger partial charge is 0.265 e. The molecule has 0 bridgehead atoms. The van der Waals surface area contributed by atoms with Gasteiger partial charge in [0.2, 0.25) is 11.6 Å². The first-order valence-corrected chi connectivity index (χ1v) is 8.19. The maximum absolute atomic E-state index is 10.5. The molecule has 138 valence electrons. The number of H-pyrrole nitrogens is 1. The fraction of sp³-hybridized carbons (Fsp3) is 0.278. The van der Waals surface area contributed by atoms with Gasteiger partial charge < -0.3 is 9.84 Å². The molecule has 3 rings (SSSR count). The van der Waals surface area contributed by atoms with Gasteiger partial charge in [0.1, 0.15) is 11.6 Å². The Hall–Kier alpha value is -3.67. The van der Waals surface area contributed by atoms with Gasteiger partial charge in [-0.05, 0) is 12.1 Å². The number of nitriles is 1. The molecule has 0 aliphatic heterocycles. The van der Waals surface area contributed by atoms with Gasteiger partial charge in [-0.25, -0.2) is 0 Å². The minimum absolute atomic E-state index is 0.0529. The molecule has 27 heavy (non-hydrogen) atoms. The van der Waals surface area contributed by atoms with Crippen molar-refractivity contribution in [2.24, 2.45) is 10.2 Å². The topological polar surface area (TPSA) is 124 Å². The molecule has 1 aromatic carbocycles. The second-order valence-electron chi connectivity index (χ2n) is 6.79. The average Bonchev–Trinajstić information content (AvgIpc) is 3.21. The van der Waals surface area contributed by atoms with Crippen LogP contribution in [0.2, 0.25) is 0 Å². The van der Waals surface area contributed by atoms with Gasteiger partial charge in [-0.15, -0.1) is 15.3 Å². The zero-order chi connectivity index (χ0) is 19.6. The number of rotatable bonds is 4. The third-order valence-corrected chi connectivity index (χ3v) is 3.82. The number of aromatic hydroxyl groups is 1. The Kier molecular flexibility index (Phi) is 4.64. The molecule has 0 amide bonds. The standard InChI is InChI=1S/C18H19N7O2/c1-18(2,3)14-12(10-19)15(23-21-14)22-20-13-16(27-4)24-25(17(13)26)11-8-6-5-7-9-11/h5-9,26H,1-4H3,(H,21,23)/b22-20+. The Labute approximate surface area is 155 Å². The Morgan fingerprint density at radius 1 is 1.22 bits per heavy atom. The van der Waals surface area contributed by atoms with Crippen LogP contribution in [0.15, 0.2) is 40.6 Å². The lowest BCUT2D eigenvalue weighted by molar-refractivity contribution is 0.394. The van der Waals surface area contributed by atoms with Crippen LogP contribution in [0.3, 0.4) is 0 Å². The minimum atomic E-state index is -0.326. The molecule has 2 heterocycles. The lowest BCUT2D eigenvalue weighted by Gasteiger charge is -2.14. The molecule has 2 aromatic heterocycles. The molecule has 0 unspecified atom stereocenters. The van der Waals surface area contributed by atoms with Gasteiger partial charge in [0, 0.05) is 5.41 Å². The van der Waals surface area contributed by atoms with Crippen molar-refractivity contribution in [2.45, 2.75) is 26.2 Å². The summed E-state index contributed by atoms with van der Waals surface area (Å²) in [6, 6.07) is 11.2. The van der Waals surface area contributed by atoms with E-state index in [4.69, 9.17) is 4.74 Å². The number of methoxy groups -OCH3 is 1. The first kappa shape index (κ1) is 18.1. The number of para-hydroxylation sites is 1. The summed E-state index contributed by atoms with van der Waals surface area (Å²) in [7, 11) is 1.42. The molecule has 0 aliphatic carbocycles. The molecular formula is C18H19N7O2. The average molecular weight is 365 g/mol. The van der Waals surface area contributed by atoms with E-state index in [2.05, 4.69) is 31.6 Å². The van der Waals surface area contributed by atoms with Crippen LogP contribution in [0, 0.1) is 11.3 Å². The van der Waals surface area contributed by atoms with Crippen molar-refractivity contribution < 1.29 is 9.84 Å². The number of benzene rings is 1.